The van der Waals surface area contributed by atoms with Crippen LogP contribution in [-0.4, -0.2) is 25.4 Å². The highest BCUT2D eigenvalue weighted by molar-refractivity contribution is 4.85. The van der Waals surface area contributed by atoms with Crippen molar-refractivity contribution in [3.05, 3.63) is 0 Å². The van der Waals surface area contributed by atoms with E-state index in [2.05, 4.69) is 13.8 Å². The zero-order valence-electron chi connectivity index (χ0n) is 32.6. The Kier molecular flexibility index (Phi) is 18.6. The SMILES string of the molecule is CCCCCCOC1CCC(C2CCC(CCC3CCCC(CCC4CCC(C5CCC(OCCCCCC)CC5)CC4)C3)CC2)CC1. The molecule has 2 atom stereocenters. The van der Waals surface area contributed by atoms with Gasteiger partial charge in [0, 0.05) is 13.2 Å². The molecule has 0 radical (unpaired) electrons. The van der Waals surface area contributed by atoms with Gasteiger partial charge in [0.15, 0.2) is 0 Å². The molecule has 2 nitrogen and oxygen atoms in total. The molecule has 0 bridgehead atoms. The second-order valence-electron chi connectivity index (χ2n) is 18.6. The van der Waals surface area contributed by atoms with E-state index >= 15 is 0 Å². The average Bonchev–Trinajstić information content (AvgIpc) is 3.14. The van der Waals surface area contributed by atoms with E-state index in [1.807, 2.05) is 0 Å². The minimum atomic E-state index is 0.582. The Bertz CT molecular complexity index is 714. The van der Waals surface area contributed by atoms with Crippen LogP contribution in [0.5, 0.6) is 0 Å². The summed E-state index contributed by atoms with van der Waals surface area (Å²) in [6.07, 6.45) is 47.8. The molecule has 0 saturated heterocycles. The molecule has 5 aliphatic carbocycles. The molecule has 0 aliphatic heterocycles. The Labute approximate surface area is 300 Å². The van der Waals surface area contributed by atoms with Gasteiger partial charge in [-0.2, -0.15) is 0 Å². The molecular formula is C46H84O2. The fourth-order valence-corrected chi connectivity index (χ4v) is 11.8. The zero-order chi connectivity index (χ0) is 33.2. The summed E-state index contributed by atoms with van der Waals surface area (Å²) in [6.45, 7) is 6.62. The van der Waals surface area contributed by atoms with Gasteiger partial charge in [-0.3, -0.25) is 0 Å². The number of hydrogen-bond acceptors (Lipinski definition) is 2. The lowest BCUT2D eigenvalue weighted by Crippen LogP contribution is -2.29. The van der Waals surface area contributed by atoms with E-state index in [1.165, 1.54) is 109 Å². The highest BCUT2D eigenvalue weighted by Crippen LogP contribution is 2.45. The van der Waals surface area contributed by atoms with Crippen LogP contribution in [0.15, 0.2) is 0 Å². The number of hydrogen-bond donors (Lipinski definition) is 0. The molecule has 2 heteroatoms. The number of unbranched alkanes of at least 4 members (excludes halogenated alkanes) is 6. The van der Waals surface area contributed by atoms with Crippen molar-refractivity contribution in [2.75, 3.05) is 13.2 Å². The largest absolute Gasteiger partial charge is 0.378 e. The summed E-state index contributed by atoms with van der Waals surface area (Å²) < 4.78 is 12.5. The fraction of sp³-hybridized carbons (Fsp3) is 1.00. The number of ether oxygens (including phenoxy) is 2. The first-order chi connectivity index (χ1) is 23.7. The Morgan fingerprint density at radius 1 is 0.354 bits per heavy atom. The van der Waals surface area contributed by atoms with Crippen molar-refractivity contribution in [2.45, 2.75) is 232 Å². The van der Waals surface area contributed by atoms with Gasteiger partial charge in [-0.15, -0.1) is 0 Å². The van der Waals surface area contributed by atoms with Crippen molar-refractivity contribution in [1.82, 2.24) is 0 Å². The van der Waals surface area contributed by atoms with Crippen LogP contribution in [0.4, 0.5) is 0 Å². The summed E-state index contributed by atoms with van der Waals surface area (Å²) in [4.78, 5) is 0. The Balaban J connectivity index is 0.870. The van der Waals surface area contributed by atoms with E-state index in [-0.39, 0.29) is 0 Å². The Morgan fingerprint density at radius 2 is 0.708 bits per heavy atom. The van der Waals surface area contributed by atoms with E-state index in [0.717, 1.165) is 60.6 Å². The van der Waals surface area contributed by atoms with Crippen LogP contribution in [0.2, 0.25) is 0 Å². The molecule has 5 aliphatic rings. The van der Waals surface area contributed by atoms with Gasteiger partial charge in [0.05, 0.1) is 12.2 Å². The third-order valence-corrected chi connectivity index (χ3v) is 15.1. The predicted octanol–water partition coefficient (Wildman–Crippen LogP) is 14.3. The normalized spacial score (nSPS) is 36.6. The van der Waals surface area contributed by atoms with E-state index in [9.17, 15) is 0 Å². The summed E-state index contributed by atoms with van der Waals surface area (Å²) in [5.74, 6) is 8.35. The van der Waals surface area contributed by atoms with Gasteiger partial charge < -0.3 is 9.47 Å². The molecule has 2 unspecified atom stereocenters. The molecule has 48 heavy (non-hydrogen) atoms. The lowest BCUT2D eigenvalue weighted by atomic mass is 9.68. The molecule has 5 fully saturated rings. The lowest BCUT2D eigenvalue weighted by molar-refractivity contribution is 0.00520. The van der Waals surface area contributed by atoms with E-state index < -0.39 is 0 Å². The van der Waals surface area contributed by atoms with Crippen molar-refractivity contribution >= 4 is 0 Å². The molecule has 5 rings (SSSR count). The molecular weight excluding hydrogens is 585 g/mol. The van der Waals surface area contributed by atoms with Gasteiger partial charge in [-0.25, -0.2) is 0 Å². The van der Waals surface area contributed by atoms with Crippen LogP contribution in [-0.2, 0) is 9.47 Å². The summed E-state index contributed by atoms with van der Waals surface area (Å²) in [5.41, 5.74) is 0. The smallest absolute Gasteiger partial charge is 0.0575 e. The Morgan fingerprint density at radius 3 is 1.08 bits per heavy atom. The van der Waals surface area contributed by atoms with Crippen molar-refractivity contribution in [3.8, 4) is 0 Å². The third-order valence-electron chi connectivity index (χ3n) is 15.1. The van der Waals surface area contributed by atoms with Crippen LogP contribution in [0.3, 0.4) is 0 Å². The minimum absolute atomic E-state index is 0.582. The second-order valence-corrected chi connectivity index (χ2v) is 18.6. The number of rotatable bonds is 20. The van der Waals surface area contributed by atoms with Crippen molar-refractivity contribution in [2.24, 2.45) is 47.3 Å². The van der Waals surface area contributed by atoms with Gasteiger partial charge in [0.1, 0.15) is 0 Å². The lowest BCUT2D eigenvalue weighted by Gasteiger charge is -2.39. The van der Waals surface area contributed by atoms with Gasteiger partial charge in [0.2, 0.25) is 0 Å². The summed E-state index contributed by atoms with van der Waals surface area (Å²) >= 11 is 0. The molecule has 0 aromatic carbocycles. The molecule has 5 saturated carbocycles. The van der Waals surface area contributed by atoms with E-state index in [4.69, 9.17) is 9.47 Å². The van der Waals surface area contributed by atoms with Gasteiger partial charge >= 0.3 is 0 Å². The quantitative estimate of drug-likeness (QED) is 0.120. The van der Waals surface area contributed by atoms with Crippen LogP contribution in [0.1, 0.15) is 219 Å². The van der Waals surface area contributed by atoms with Crippen molar-refractivity contribution in [3.63, 3.8) is 0 Å². The maximum atomic E-state index is 6.26. The monoisotopic (exact) mass is 669 g/mol. The first kappa shape index (κ1) is 39.1. The zero-order valence-corrected chi connectivity index (χ0v) is 32.6. The predicted molar refractivity (Wildman–Crippen MR) is 206 cm³/mol. The third kappa shape index (κ3) is 13.8. The standard InChI is InChI=1S/C46H84O2/c1-3-5-7-9-34-47-45-30-26-43(27-31-45)41-22-18-37(19-23-41)14-16-39-12-11-13-40(36-39)17-15-38-20-24-42(25-21-38)44-28-32-46(33-29-44)48-35-10-8-6-4-2/h37-46H,3-36H2,1-2H3. The van der Waals surface area contributed by atoms with E-state index in [1.54, 1.807) is 96.3 Å². The molecule has 0 heterocycles. The van der Waals surface area contributed by atoms with Crippen LogP contribution >= 0.6 is 0 Å². The van der Waals surface area contributed by atoms with Crippen LogP contribution < -0.4 is 0 Å². The van der Waals surface area contributed by atoms with E-state index in [0.29, 0.717) is 12.2 Å². The first-order valence-corrected chi connectivity index (χ1v) is 22.9. The maximum absolute atomic E-state index is 6.26. The summed E-state index contributed by atoms with van der Waals surface area (Å²) in [5, 5.41) is 0. The van der Waals surface area contributed by atoms with Gasteiger partial charge in [-0.1, -0.05) is 123 Å². The maximum Gasteiger partial charge on any atom is 0.0575 e. The summed E-state index contributed by atoms with van der Waals surface area (Å²) in [6, 6.07) is 0. The fourth-order valence-electron chi connectivity index (χ4n) is 11.8. The summed E-state index contributed by atoms with van der Waals surface area (Å²) in [7, 11) is 0. The molecule has 0 aromatic heterocycles. The highest BCUT2D eigenvalue weighted by Gasteiger charge is 2.33. The molecule has 0 N–H and O–H groups in total. The van der Waals surface area contributed by atoms with Crippen LogP contribution in [0.25, 0.3) is 0 Å². The van der Waals surface area contributed by atoms with Gasteiger partial charge in [0.25, 0.3) is 0 Å². The van der Waals surface area contributed by atoms with Crippen LogP contribution in [0, 0.1) is 47.3 Å². The average molecular weight is 669 g/mol. The second kappa shape index (κ2) is 22.8. The molecule has 0 amide bonds. The Hall–Kier alpha value is -0.0800. The molecule has 0 spiro atoms. The first-order valence-electron chi connectivity index (χ1n) is 22.9. The molecule has 280 valence electrons. The van der Waals surface area contributed by atoms with Crippen molar-refractivity contribution in [1.29, 1.82) is 0 Å². The molecule has 0 aromatic rings. The van der Waals surface area contributed by atoms with Gasteiger partial charge in [-0.05, 0) is 144 Å². The van der Waals surface area contributed by atoms with Crippen molar-refractivity contribution < 1.29 is 9.47 Å². The minimum Gasteiger partial charge on any atom is -0.378 e. The highest BCUT2D eigenvalue weighted by atomic mass is 16.5. The topological polar surface area (TPSA) is 18.5 Å².